The molecule has 0 unspecified atom stereocenters. The number of aromatic nitrogens is 3. The second kappa shape index (κ2) is 9.31. The van der Waals surface area contributed by atoms with Gasteiger partial charge in [0, 0.05) is 55.4 Å². The zero-order chi connectivity index (χ0) is 22.8. The average Bonchev–Trinajstić information content (AvgIpc) is 3.27. The van der Waals surface area contributed by atoms with Crippen LogP contribution >= 0.6 is 0 Å². The second-order valence-electron chi connectivity index (χ2n) is 8.82. The van der Waals surface area contributed by atoms with Gasteiger partial charge in [0.1, 0.15) is 5.82 Å². The molecule has 0 aliphatic carbocycles. The molecular formula is C25H29N5O3. The zero-order valence-corrected chi connectivity index (χ0v) is 18.9. The van der Waals surface area contributed by atoms with E-state index in [0.717, 1.165) is 35.1 Å². The summed E-state index contributed by atoms with van der Waals surface area (Å²) >= 11 is 0. The van der Waals surface area contributed by atoms with E-state index < -0.39 is 0 Å². The Balaban J connectivity index is 1.19. The molecule has 2 amide bonds. The SMILES string of the molecule is Cc1nc(C2CCN(C(=O)Cc3c[nH]c4ccccc34)CC2)ncc1C(=O)N1CCOCC1. The normalized spacial score (nSPS) is 17.5. The number of nitrogens with one attached hydrogen (secondary N) is 1. The van der Waals surface area contributed by atoms with Crippen LogP contribution in [-0.4, -0.2) is 76.0 Å². The number of benzene rings is 1. The van der Waals surface area contributed by atoms with Crippen LogP contribution in [-0.2, 0) is 16.0 Å². The van der Waals surface area contributed by atoms with Crippen molar-refractivity contribution in [3.8, 4) is 0 Å². The standard InChI is InChI=1S/C25H29N5O3/c1-17-21(25(32)30-10-12-33-13-11-30)16-27-24(28-17)18-6-8-29(9-7-18)23(31)14-19-15-26-22-5-3-2-4-20(19)22/h2-5,15-16,18,26H,6-14H2,1H3. The Labute approximate surface area is 193 Å². The summed E-state index contributed by atoms with van der Waals surface area (Å²) in [7, 11) is 0. The summed E-state index contributed by atoms with van der Waals surface area (Å²) < 4.78 is 5.33. The molecule has 0 saturated carbocycles. The highest BCUT2D eigenvalue weighted by Gasteiger charge is 2.27. The van der Waals surface area contributed by atoms with Crippen LogP contribution in [0.4, 0.5) is 0 Å². The minimum atomic E-state index is -0.0277. The minimum absolute atomic E-state index is 0.0277. The highest BCUT2D eigenvalue weighted by atomic mass is 16.5. The van der Waals surface area contributed by atoms with Gasteiger partial charge < -0.3 is 19.5 Å². The Morgan fingerprint density at radius 3 is 2.61 bits per heavy atom. The van der Waals surface area contributed by atoms with E-state index in [1.165, 1.54) is 0 Å². The fourth-order valence-electron chi connectivity index (χ4n) is 4.77. The molecule has 4 heterocycles. The van der Waals surface area contributed by atoms with Crippen molar-refractivity contribution in [3.63, 3.8) is 0 Å². The maximum Gasteiger partial charge on any atom is 0.257 e. The number of para-hydroxylation sites is 1. The van der Waals surface area contributed by atoms with Crippen molar-refractivity contribution >= 4 is 22.7 Å². The van der Waals surface area contributed by atoms with Gasteiger partial charge in [-0.1, -0.05) is 18.2 Å². The number of aryl methyl sites for hydroxylation is 1. The van der Waals surface area contributed by atoms with Crippen LogP contribution in [0.3, 0.4) is 0 Å². The van der Waals surface area contributed by atoms with E-state index in [4.69, 9.17) is 4.74 Å². The molecule has 1 N–H and O–H groups in total. The first-order valence-electron chi connectivity index (χ1n) is 11.6. The lowest BCUT2D eigenvalue weighted by molar-refractivity contribution is -0.131. The smallest absolute Gasteiger partial charge is 0.257 e. The molecule has 172 valence electrons. The molecule has 2 fully saturated rings. The van der Waals surface area contributed by atoms with Gasteiger partial charge in [-0.15, -0.1) is 0 Å². The van der Waals surface area contributed by atoms with Gasteiger partial charge in [0.2, 0.25) is 5.91 Å². The number of morpholine rings is 1. The average molecular weight is 448 g/mol. The van der Waals surface area contributed by atoms with Gasteiger partial charge in [0.15, 0.2) is 0 Å². The van der Waals surface area contributed by atoms with Crippen LogP contribution in [0, 0.1) is 6.92 Å². The molecule has 0 bridgehead atoms. The number of piperidine rings is 1. The molecule has 2 aliphatic rings. The predicted octanol–water partition coefficient (Wildman–Crippen LogP) is 2.69. The first-order chi connectivity index (χ1) is 16.1. The number of amides is 2. The minimum Gasteiger partial charge on any atom is -0.378 e. The molecule has 8 heteroatoms. The third kappa shape index (κ3) is 4.48. The van der Waals surface area contributed by atoms with Crippen molar-refractivity contribution < 1.29 is 14.3 Å². The van der Waals surface area contributed by atoms with Gasteiger partial charge in [-0.2, -0.15) is 0 Å². The van der Waals surface area contributed by atoms with Crippen LogP contribution in [0.1, 0.15) is 46.2 Å². The summed E-state index contributed by atoms with van der Waals surface area (Å²) in [4.78, 5) is 41.9. The lowest BCUT2D eigenvalue weighted by atomic mass is 9.95. The number of ether oxygens (including phenoxy) is 1. The van der Waals surface area contributed by atoms with Crippen molar-refractivity contribution in [1.82, 2.24) is 24.8 Å². The van der Waals surface area contributed by atoms with Gasteiger partial charge >= 0.3 is 0 Å². The molecule has 2 aromatic heterocycles. The Kier molecular flexibility index (Phi) is 6.09. The number of H-pyrrole nitrogens is 1. The van der Waals surface area contributed by atoms with E-state index in [2.05, 4.69) is 15.0 Å². The molecule has 3 aromatic rings. The van der Waals surface area contributed by atoms with E-state index in [1.807, 2.05) is 42.3 Å². The maximum absolute atomic E-state index is 12.9. The van der Waals surface area contributed by atoms with Gasteiger partial charge in [0.25, 0.3) is 5.91 Å². The molecule has 8 nitrogen and oxygen atoms in total. The number of nitrogens with zero attached hydrogens (tertiary/aromatic N) is 4. The highest BCUT2D eigenvalue weighted by molar-refractivity contribution is 5.95. The molecule has 0 radical (unpaired) electrons. The van der Waals surface area contributed by atoms with E-state index in [1.54, 1.807) is 11.1 Å². The molecule has 1 aromatic carbocycles. The summed E-state index contributed by atoms with van der Waals surface area (Å²) in [6, 6.07) is 8.06. The zero-order valence-electron chi connectivity index (χ0n) is 18.9. The van der Waals surface area contributed by atoms with Crippen LogP contribution in [0.15, 0.2) is 36.7 Å². The predicted molar refractivity (Wildman–Crippen MR) is 124 cm³/mol. The number of hydrogen-bond acceptors (Lipinski definition) is 5. The fourth-order valence-corrected chi connectivity index (χ4v) is 4.77. The van der Waals surface area contributed by atoms with E-state index in [9.17, 15) is 9.59 Å². The van der Waals surface area contributed by atoms with E-state index in [0.29, 0.717) is 57.1 Å². The van der Waals surface area contributed by atoms with E-state index in [-0.39, 0.29) is 17.7 Å². The first kappa shape index (κ1) is 21.6. The topological polar surface area (TPSA) is 91.4 Å². The Morgan fingerprint density at radius 2 is 1.85 bits per heavy atom. The van der Waals surface area contributed by atoms with Gasteiger partial charge in [-0.25, -0.2) is 9.97 Å². The van der Waals surface area contributed by atoms with Crippen LogP contribution < -0.4 is 0 Å². The maximum atomic E-state index is 12.9. The Hall–Kier alpha value is -3.26. The second-order valence-corrected chi connectivity index (χ2v) is 8.82. The molecule has 33 heavy (non-hydrogen) atoms. The lowest BCUT2D eigenvalue weighted by Gasteiger charge is -2.31. The first-order valence-corrected chi connectivity index (χ1v) is 11.6. The summed E-state index contributed by atoms with van der Waals surface area (Å²) in [5.41, 5.74) is 3.38. The van der Waals surface area contributed by atoms with Crippen LogP contribution in [0.2, 0.25) is 0 Å². The van der Waals surface area contributed by atoms with Crippen molar-refractivity contribution in [2.45, 2.75) is 32.1 Å². The monoisotopic (exact) mass is 447 g/mol. The summed E-state index contributed by atoms with van der Waals surface area (Å²) in [6.07, 6.45) is 5.67. The summed E-state index contributed by atoms with van der Waals surface area (Å²) in [6.45, 7) is 5.61. The molecule has 2 aliphatic heterocycles. The Bertz CT molecular complexity index is 1160. The van der Waals surface area contributed by atoms with Gasteiger partial charge in [0.05, 0.1) is 30.9 Å². The summed E-state index contributed by atoms with van der Waals surface area (Å²) in [5, 5.41) is 1.11. The molecule has 0 atom stereocenters. The van der Waals surface area contributed by atoms with E-state index >= 15 is 0 Å². The number of rotatable bonds is 4. The number of fused-ring (bicyclic) bond motifs is 1. The molecule has 0 spiro atoms. The Morgan fingerprint density at radius 1 is 1.09 bits per heavy atom. The third-order valence-electron chi connectivity index (χ3n) is 6.76. The number of hydrogen-bond donors (Lipinski definition) is 1. The highest BCUT2D eigenvalue weighted by Crippen LogP contribution is 2.27. The molecular weight excluding hydrogens is 418 g/mol. The quantitative estimate of drug-likeness (QED) is 0.664. The van der Waals surface area contributed by atoms with Crippen molar-refractivity contribution in [1.29, 1.82) is 0 Å². The number of aromatic amines is 1. The largest absolute Gasteiger partial charge is 0.378 e. The fraction of sp³-hybridized carbons (Fsp3) is 0.440. The van der Waals surface area contributed by atoms with Crippen molar-refractivity contribution in [2.75, 3.05) is 39.4 Å². The van der Waals surface area contributed by atoms with Crippen LogP contribution in [0.5, 0.6) is 0 Å². The molecule has 2 saturated heterocycles. The van der Waals surface area contributed by atoms with Gasteiger partial charge in [-0.3, -0.25) is 9.59 Å². The third-order valence-corrected chi connectivity index (χ3v) is 6.76. The molecule has 5 rings (SSSR count). The van der Waals surface area contributed by atoms with Crippen LogP contribution in [0.25, 0.3) is 10.9 Å². The lowest BCUT2D eigenvalue weighted by Crippen LogP contribution is -2.41. The number of carbonyl (C=O) groups excluding carboxylic acids is 2. The number of likely N-dealkylation sites (tertiary alicyclic amines) is 1. The summed E-state index contributed by atoms with van der Waals surface area (Å²) in [5.74, 6) is 1.10. The van der Waals surface area contributed by atoms with Crippen molar-refractivity contribution in [3.05, 3.63) is 59.3 Å². The van der Waals surface area contributed by atoms with Gasteiger partial charge in [-0.05, 0) is 31.4 Å². The number of carbonyl (C=O) groups is 2. The van der Waals surface area contributed by atoms with Crippen molar-refractivity contribution in [2.24, 2.45) is 0 Å².